The molecule has 0 aromatic heterocycles. The van der Waals surface area contributed by atoms with Gasteiger partial charge >= 0.3 is 0 Å². The summed E-state index contributed by atoms with van der Waals surface area (Å²) in [6, 6.07) is 5.40. The molecule has 0 radical (unpaired) electrons. The summed E-state index contributed by atoms with van der Waals surface area (Å²) in [6.07, 6.45) is 4.35. The first-order valence-corrected chi connectivity index (χ1v) is 8.23. The summed E-state index contributed by atoms with van der Waals surface area (Å²) in [7, 11) is 0. The van der Waals surface area contributed by atoms with Crippen molar-refractivity contribution < 1.29 is 9.13 Å². The Bertz CT molecular complexity index is 421. The van der Waals surface area contributed by atoms with Crippen LogP contribution in [0.25, 0.3) is 0 Å². The minimum Gasteiger partial charge on any atom is -0.381 e. The topological polar surface area (TPSA) is 21.3 Å². The third-order valence-electron chi connectivity index (χ3n) is 3.81. The van der Waals surface area contributed by atoms with Crippen molar-refractivity contribution >= 4 is 15.9 Å². The summed E-state index contributed by atoms with van der Waals surface area (Å²) in [5.74, 6) is 0.464. The van der Waals surface area contributed by atoms with E-state index in [1.165, 1.54) is 11.6 Å². The van der Waals surface area contributed by atoms with Crippen LogP contribution in [0, 0.1) is 11.7 Å². The van der Waals surface area contributed by atoms with Crippen LogP contribution < -0.4 is 5.32 Å². The van der Waals surface area contributed by atoms with Gasteiger partial charge in [-0.05, 0) is 55.8 Å². The van der Waals surface area contributed by atoms with E-state index in [4.69, 9.17) is 4.74 Å². The average molecular weight is 344 g/mol. The summed E-state index contributed by atoms with van der Waals surface area (Å²) < 4.78 is 19.5. The van der Waals surface area contributed by atoms with Gasteiger partial charge in [0.1, 0.15) is 5.82 Å². The van der Waals surface area contributed by atoms with Gasteiger partial charge in [0.05, 0.1) is 0 Å². The lowest BCUT2D eigenvalue weighted by Crippen LogP contribution is -2.34. The Morgan fingerprint density at radius 3 is 3.00 bits per heavy atom. The van der Waals surface area contributed by atoms with E-state index in [9.17, 15) is 4.39 Å². The predicted octanol–water partition coefficient (Wildman–Crippen LogP) is 3.93. The highest BCUT2D eigenvalue weighted by Crippen LogP contribution is 2.24. The van der Waals surface area contributed by atoms with Crippen LogP contribution >= 0.6 is 15.9 Å². The van der Waals surface area contributed by atoms with E-state index in [1.807, 2.05) is 6.07 Å². The normalized spacial score (nSPS) is 20.2. The molecule has 1 fully saturated rings. The monoisotopic (exact) mass is 343 g/mol. The standard InChI is InChI=1S/C16H23BrFNO/c1-2-6-19-15(8-12-5-7-20-11-12)9-13-3-4-14(18)10-16(13)17/h3-4,10,12,15,19H,2,5-9,11H2,1H3. The molecule has 1 aliphatic heterocycles. The Morgan fingerprint density at radius 1 is 1.50 bits per heavy atom. The van der Waals surface area contributed by atoms with Gasteiger partial charge in [-0.25, -0.2) is 4.39 Å². The van der Waals surface area contributed by atoms with Crippen molar-refractivity contribution in [1.29, 1.82) is 0 Å². The Hall–Kier alpha value is -0.450. The first-order valence-electron chi connectivity index (χ1n) is 7.44. The van der Waals surface area contributed by atoms with Crippen molar-refractivity contribution in [3.05, 3.63) is 34.1 Å². The molecular formula is C16H23BrFNO. The largest absolute Gasteiger partial charge is 0.381 e. The van der Waals surface area contributed by atoms with Crippen molar-refractivity contribution in [1.82, 2.24) is 5.32 Å². The minimum atomic E-state index is -0.192. The van der Waals surface area contributed by atoms with Crippen LogP contribution in [0.1, 0.15) is 31.7 Å². The van der Waals surface area contributed by atoms with Gasteiger partial charge in [0, 0.05) is 23.7 Å². The Morgan fingerprint density at radius 2 is 2.35 bits per heavy atom. The van der Waals surface area contributed by atoms with Crippen molar-refractivity contribution in [3.8, 4) is 0 Å². The van der Waals surface area contributed by atoms with Crippen molar-refractivity contribution in [2.45, 2.75) is 38.6 Å². The molecule has 2 nitrogen and oxygen atoms in total. The van der Waals surface area contributed by atoms with E-state index in [0.29, 0.717) is 12.0 Å². The first kappa shape index (κ1) is 15.9. The molecule has 2 unspecified atom stereocenters. The molecule has 1 heterocycles. The Labute approximate surface area is 129 Å². The van der Waals surface area contributed by atoms with E-state index in [1.54, 1.807) is 6.07 Å². The first-order chi connectivity index (χ1) is 9.69. The number of benzene rings is 1. The highest BCUT2D eigenvalue weighted by Gasteiger charge is 2.21. The fourth-order valence-corrected chi connectivity index (χ4v) is 3.22. The van der Waals surface area contributed by atoms with Gasteiger partial charge in [-0.3, -0.25) is 0 Å². The van der Waals surface area contributed by atoms with Crippen LogP contribution in [0.2, 0.25) is 0 Å². The quantitative estimate of drug-likeness (QED) is 0.809. The SMILES string of the molecule is CCCNC(Cc1ccc(F)cc1Br)CC1CCOC1. The molecule has 2 rings (SSSR count). The summed E-state index contributed by atoms with van der Waals surface area (Å²) >= 11 is 3.46. The van der Waals surface area contributed by atoms with Crippen molar-refractivity contribution in [2.24, 2.45) is 5.92 Å². The molecule has 0 bridgehead atoms. The van der Waals surface area contributed by atoms with Gasteiger partial charge in [0.15, 0.2) is 0 Å². The summed E-state index contributed by atoms with van der Waals surface area (Å²) in [5, 5.41) is 3.62. The third kappa shape index (κ3) is 4.83. The Balaban J connectivity index is 1.97. The minimum absolute atomic E-state index is 0.192. The van der Waals surface area contributed by atoms with E-state index in [-0.39, 0.29) is 5.82 Å². The summed E-state index contributed by atoms with van der Waals surface area (Å²) in [4.78, 5) is 0. The number of nitrogens with one attached hydrogen (secondary N) is 1. The second-order valence-electron chi connectivity index (χ2n) is 5.56. The third-order valence-corrected chi connectivity index (χ3v) is 4.54. The maximum Gasteiger partial charge on any atom is 0.124 e. The van der Waals surface area contributed by atoms with E-state index in [2.05, 4.69) is 28.2 Å². The molecule has 1 aromatic rings. The summed E-state index contributed by atoms with van der Waals surface area (Å²) in [5.41, 5.74) is 1.17. The lowest BCUT2D eigenvalue weighted by Gasteiger charge is -2.22. The van der Waals surface area contributed by atoms with Crippen LogP contribution in [0.15, 0.2) is 22.7 Å². The second kappa shape index (κ2) is 8.11. The molecule has 0 saturated carbocycles. The number of rotatable bonds is 7. The predicted molar refractivity (Wildman–Crippen MR) is 83.4 cm³/mol. The molecule has 1 saturated heterocycles. The number of hydrogen-bond acceptors (Lipinski definition) is 2. The lowest BCUT2D eigenvalue weighted by atomic mass is 9.94. The van der Waals surface area contributed by atoms with Gasteiger partial charge in [0.2, 0.25) is 0 Å². The maximum atomic E-state index is 13.2. The van der Waals surface area contributed by atoms with Crippen LogP contribution in [0.5, 0.6) is 0 Å². The molecule has 20 heavy (non-hydrogen) atoms. The van der Waals surface area contributed by atoms with Crippen molar-refractivity contribution in [3.63, 3.8) is 0 Å². The van der Waals surface area contributed by atoms with Crippen LogP contribution in [-0.4, -0.2) is 25.8 Å². The lowest BCUT2D eigenvalue weighted by molar-refractivity contribution is 0.181. The fraction of sp³-hybridized carbons (Fsp3) is 0.625. The average Bonchev–Trinajstić information content (AvgIpc) is 2.92. The van der Waals surface area contributed by atoms with Gasteiger partial charge < -0.3 is 10.1 Å². The van der Waals surface area contributed by atoms with Crippen LogP contribution in [0.3, 0.4) is 0 Å². The Kier molecular flexibility index (Phi) is 6.46. The van der Waals surface area contributed by atoms with Gasteiger partial charge in [-0.1, -0.05) is 28.9 Å². The molecular weight excluding hydrogens is 321 g/mol. The van der Waals surface area contributed by atoms with Crippen molar-refractivity contribution in [2.75, 3.05) is 19.8 Å². The zero-order valence-electron chi connectivity index (χ0n) is 12.0. The highest BCUT2D eigenvalue weighted by molar-refractivity contribution is 9.10. The molecule has 1 N–H and O–H groups in total. The number of hydrogen-bond donors (Lipinski definition) is 1. The van der Waals surface area contributed by atoms with E-state index in [0.717, 1.165) is 49.9 Å². The molecule has 4 heteroatoms. The molecule has 2 atom stereocenters. The zero-order chi connectivity index (χ0) is 14.4. The molecule has 0 amide bonds. The maximum absolute atomic E-state index is 13.2. The summed E-state index contributed by atoms with van der Waals surface area (Å²) in [6.45, 7) is 4.98. The molecule has 0 aliphatic carbocycles. The zero-order valence-corrected chi connectivity index (χ0v) is 13.6. The number of ether oxygens (including phenoxy) is 1. The van der Waals surface area contributed by atoms with Gasteiger partial charge in [-0.2, -0.15) is 0 Å². The van der Waals surface area contributed by atoms with E-state index < -0.39 is 0 Å². The fourth-order valence-electron chi connectivity index (χ4n) is 2.71. The molecule has 1 aromatic carbocycles. The van der Waals surface area contributed by atoms with Gasteiger partial charge in [-0.15, -0.1) is 0 Å². The highest BCUT2D eigenvalue weighted by atomic mass is 79.9. The number of halogens is 2. The van der Waals surface area contributed by atoms with Gasteiger partial charge in [0.25, 0.3) is 0 Å². The smallest absolute Gasteiger partial charge is 0.124 e. The molecule has 0 spiro atoms. The molecule has 1 aliphatic rings. The molecule has 112 valence electrons. The van der Waals surface area contributed by atoms with E-state index >= 15 is 0 Å². The second-order valence-corrected chi connectivity index (χ2v) is 6.41. The van der Waals surface area contributed by atoms with Crippen LogP contribution in [-0.2, 0) is 11.2 Å². The van der Waals surface area contributed by atoms with Crippen LogP contribution in [0.4, 0.5) is 4.39 Å².